The van der Waals surface area contributed by atoms with E-state index in [1.165, 1.54) is 0 Å². The molecule has 20 heavy (non-hydrogen) atoms. The molecule has 0 spiro atoms. The van der Waals surface area contributed by atoms with Crippen molar-refractivity contribution < 1.29 is 4.52 Å². The van der Waals surface area contributed by atoms with E-state index in [9.17, 15) is 0 Å². The van der Waals surface area contributed by atoms with E-state index in [2.05, 4.69) is 44.3 Å². The average Bonchev–Trinajstić information content (AvgIpc) is 2.91. The van der Waals surface area contributed by atoms with Crippen molar-refractivity contribution in [1.29, 1.82) is 0 Å². The lowest BCUT2D eigenvalue weighted by atomic mass is 10.2. The lowest BCUT2D eigenvalue weighted by Crippen LogP contribution is -2.45. The number of aromatic nitrogens is 2. The van der Waals surface area contributed by atoms with Crippen LogP contribution >= 0.6 is 0 Å². The van der Waals surface area contributed by atoms with Gasteiger partial charge in [-0.15, -0.1) is 0 Å². The predicted octanol–water partition coefficient (Wildman–Crippen LogP) is -0.607. The fourth-order valence-corrected chi connectivity index (χ4v) is 2.82. The third-order valence-electron chi connectivity index (χ3n) is 4.20. The highest BCUT2D eigenvalue weighted by atomic mass is 16.5. The van der Waals surface area contributed by atoms with Crippen LogP contribution in [0, 0.1) is 0 Å². The van der Waals surface area contributed by atoms with Gasteiger partial charge >= 0.3 is 0 Å². The first-order chi connectivity index (χ1) is 9.72. The van der Waals surface area contributed by atoms with Crippen molar-refractivity contribution in [3.63, 3.8) is 0 Å². The van der Waals surface area contributed by atoms with Gasteiger partial charge in [0.15, 0.2) is 5.82 Å². The molecular weight excluding hydrogens is 256 g/mol. The summed E-state index contributed by atoms with van der Waals surface area (Å²) < 4.78 is 5.44. The quantitative estimate of drug-likeness (QED) is 0.793. The van der Waals surface area contributed by atoms with Crippen LogP contribution in [0.25, 0.3) is 0 Å². The second-order valence-corrected chi connectivity index (χ2v) is 5.83. The Kier molecular flexibility index (Phi) is 4.30. The third-order valence-corrected chi connectivity index (χ3v) is 4.20. The lowest BCUT2D eigenvalue weighted by molar-refractivity contribution is 0.108. The summed E-state index contributed by atoms with van der Waals surface area (Å²) in [5.41, 5.74) is 0. The summed E-state index contributed by atoms with van der Waals surface area (Å²) in [6.45, 7) is 8.03. The molecule has 0 aliphatic carbocycles. The van der Waals surface area contributed by atoms with E-state index < -0.39 is 0 Å². The summed E-state index contributed by atoms with van der Waals surface area (Å²) in [5, 5.41) is 7.54. The van der Waals surface area contributed by atoms with Gasteiger partial charge in [0.25, 0.3) is 0 Å². The van der Waals surface area contributed by atoms with E-state index in [1.54, 1.807) is 0 Å². The van der Waals surface area contributed by atoms with Gasteiger partial charge < -0.3 is 14.7 Å². The molecule has 112 valence electrons. The Bertz CT molecular complexity index is 430. The molecule has 7 heteroatoms. The van der Waals surface area contributed by atoms with Crippen LogP contribution in [-0.2, 0) is 6.54 Å². The molecule has 3 rings (SSSR count). The van der Waals surface area contributed by atoms with Crippen molar-refractivity contribution in [2.45, 2.75) is 12.6 Å². The highest BCUT2D eigenvalue weighted by molar-refractivity contribution is 4.98. The Morgan fingerprint density at radius 1 is 1.20 bits per heavy atom. The molecule has 0 bridgehead atoms. The zero-order chi connectivity index (χ0) is 13.9. The normalized spacial score (nSPS) is 27.0. The van der Waals surface area contributed by atoms with Crippen molar-refractivity contribution >= 4 is 0 Å². The van der Waals surface area contributed by atoms with Gasteiger partial charge in [0.2, 0.25) is 5.89 Å². The maximum atomic E-state index is 5.44. The fraction of sp³-hybridized carbons (Fsp3) is 0.846. The van der Waals surface area contributed by atoms with E-state index in [1.807, 2.05) is 0 Å². The summed E-state index contributed by atoms with van der Waals surface area (Å²) in [6.07, 6.45) is 0. The first-order valence-electron chi connectivity index (χ1n) is 7.37. The zero-order valence-corrected chi connectivity index (χ0v) is 12.4. The first kappa shape index (κ1) is 13.9. The Balaban J connectivity index is 1.63. The number of piperazine rings is 2. The van der Waals surface area contributed by atoms with Gasteiger partial charge in [0, 0.05) is 45.8 Å². The molecule has 0 radical (unpaired) electrons. The van der Waals surface area contributed by atoms with Crippen molar-refractivity contribution in [1.82, 2.24) is 30.2 Å². The van der Waals surface area contributed by atoms with Crippen LogP contribution in [0.5, 0.6) is 0 Å². The SMILES string of the molecule is CN1CCN(C)C(c2noc(CN3CCNCC3)n2)C1. The number of nitrogens with zero attached hydrogens (tertiary/aromatic N) is 5. The Morgan fingerprint density at radius 2 is 2.00 bits per heavy atom. The standard InChI is InChI=1S/C13H24N6O/c1-17-7-8-18(2)11(9-17)13-15-12(20-16-13)10-19-5-3-14-4-6-19/h11,14H,3-10H2,1-2H3. The van der Waals surface area contributed by atoms with Crippen LogP contribution in [0.1, 0.15) is 17.8 Å². The summed E-state index contributed by atoms with van der Waals surface area (Å²) in [6, 6.07) is 0.245. The van der Waals surface area contributed by atoms with Gasteiger partial charge in [-0.1, -0.05) is 5.16 Å². The van der Waals surface area contributed by atoms with Crippen LogP contribution in [0.15, 0.2) is 4.52 Å². The van der Waals surface area contributed by atoms with Crippen molar-refractivity contribution in [3.8, 4) is 0 Å². The highest BCUT2D eigenvalue weighted by Gasteiger charge is 2.28. The van der Waals surface area contributed by atoms with Gasteiger partial charge in [-0.2, -0.15) is 4.98 Å². The fourth-order valence-electron chi connectivity index (χ4n) is 2.82. The first-order valence-corrected chi connectivity index (χ1v) is 7.37. The molecule has 1 aromatic rings. The van der Waals surface area contributed by atoms with Crippen LogP contribution in [-0.4, -0.2) is 84.7 Å². The summed E-state index contributed by atoms with van der Waals surface area (Å²) in [7, 11) is 4.27. The maximum Gasteiger partial charge on any atom is 0.240 e. The highest BCUT2D eigenvalue weighted by Crippen LogP contribution is 2.21. The molecule has 0 saturated carbocycles. The van der Waals surface area contributed by atoms with Gasteiger partial charge in [-0.25, -0.2) is 0 Å². The number of nitrogens with one attached hydrogen (secondary N) is 1. The van der Waals surface area contributed by atoms with Crippen LogP contribution in [0.3, 0.4) is 0 Å². The van der Waals surface area contributed by atoms with Gasteiger partial charge in [-0.3, -0.25) is 9.80 Å². The third kappa shape index (κ3) is 3.17. The monoisotopic (exact) mass is 280 g/mol. The minimum Gasteiger partial charge on any atom is -0.338 e. The summed E-state index contributed by atoms with van der Waals surface area (Å²) in [5.74, 6) is 1.56. The van der Waals surface area contributed by atoms with E-state index in [0.29, 0.717) is 0 Å². The van der Waals surface area contributed by atoms with Crippen LogP contribution < -0.4 is 5.32 Å². The number of likely N-dealkylation sites (N-methyl/N-ethyl adjacent to an activating group) is 2. The molecule has 1 atom stereocenters. The van der Waals surface area contributed by atoms with Crippen molar-refractivity contribution in [3.05, 3.63) is 11.7 Å². The zero-order valence-electron chi connectivity index (χ0n) is 12.4. The molecule has 0 aromatic carbocycles. The van der Waals surface area contributed by atoms with E-state index >= 15 is 0 Å². The summed E-state index contributed by atoms with van der Waals surface area (Å²) in [4.78, 5) is 11.6. The molecule has 1 unspecified atom stereocenters. The van der Waals surface area contributed by atoms with E-state index in [0.717, 1.165) is 64.1 Å². The Morgan fingerprint density at radius 3 is 2.80 bits per heavy atom. The van der Waals surface area contributed by atoms with Crippen LogP contribution in [0.2, 0.25) is 0 Å². The number of hydrogen-bond donors (Lipinski definition) is 1. The van der Waals surface area contributed by atoms with Crippen molar-refractivity contribution in [2.24, 2.45) is 0 Å². The second kappa shape index (κ2) is 6.17. The molecule has 2 fully saturated rings. The molecule has 3 heterocycles. The largest absolute Gasteiger partial charge is 0.338 e. The topological polar surface area (TPSA) is 60.7 Å². The minimum absolute atomic E-state index is 0.245. The number of hydrogen-bond acceptors (Lipinski definition) is 7. The lowest BCUT2D eigenvalue weighted by Gasteiger charge is -2.35. The molecule has 2 aliphatic rings. The van der Waals surface area contributed by atoms with Gasteiger partial charge in [0.05, 0.1) is 12.6 Å². The Labute approximate surface area is 119 Å². The number of rotatable bonds is 3. The maximum absolute atomic E-state index is 5.44. The molecule has 0 amide bonds. The van der Waals surface area contributed by atoms with Gasteiger partial charge in [0.1, 0.15) is 0 Å². The van der Waals surface area contributed by atoms with Gasteiger partial charge in [-0.05, 0) is 14.1 Å². The average molecular weight is 280 g/mol. The Hall–Kier alpha value is -1.02. The smallest absolute Gasteiger partial charge is 0.240 e. The molecule has 2 aliphatic heterocycles. The minimum atomic E-state index is 0.245. The molecule has 1 N–H and O–H groups in total. The second-order valence-electron chi connectivity index (χ2n) is 5.83. The van der Waals surface area contributed by atoms with Crippen LogP contribution in [0.4, 0.5) is 0 Å². The molecular formula is C13H24N6O. The summed E-state index contributed by atoms with van der Waals surface area (Å²) >= 11 is 0. The predicted molar refractivity (Wildman–Crippen MR) is 75.3 cm³/mol. The van der Waals surface area contributed by atoms with E-state index in [-0.39, 0.29) is 6.04 Å². The molecule has 2 saturated heterocycles. The van der Waals surface area contributed by atoms with E-state index in [4.69, 9.17) is 4.52 Å². The van der Waals surface area contributed by atoms with Crippen molar-refractivity contribution in [2.75, 3.05) is 59.9 Å². The molecule has 7 nitrogen and oxygen atoms in total. The molecule has 1 aromatic heterocycles.